The average molecular weight is 305 g/mol. The minimum Gasteiger partial charge on any atom is -0.435 e. The molecule has 1 aliphatic rings. The summed E-state index contributed by atoms with van der Waals surface area (Å²) in [6.45, 7) is 0.840. The first-order chi connectivity index (χ1) is 11.3. The molecule has 0 unspecified atom stereocenters. The second-order valence-electron chi connectivity index (χ2n) is 5.24. The van der Waals surface area contributed by atoms with E-state index in [1.807, 2.05) is 12.1 Å². The fourth-order valence-corrected chi connectivity index (χ4v) is 2.74. The molecule has 0 atom stereocenters. The lowest BCUT2D eigenvalue weighted by Crippen LogP contribution is -2.17. The molecule has 3 heterocycles. The van der Waals surface area contributed by atoms with Crippen molar-refractivity contribution in [3.8, 4) is 11.6 Å². The topological polar surface area (TPSA) is 77.2 Å². The number of nitrogens with two attached hydrogens (primary N) is 1. The Morgan fingerprint density at radius 1 is 1.09 bits per heavy atom. The lowest BCUT2D eigenvalue weighted by atomic mass is 10.2. The van der Waals surface area contributed by atoms with E-state index in [9.17, 15) is 0 Å². The number of nitrogens with zero attached hydrogens (tertiary/aromatic N) is 4. The zero-order valence-electron chi connectivity index (χ0n) is 12.4. The number of benzene rings is 1. The van der Waals surface area contributed by atoms with Crippen LogP contribution in [0.2, 0.25) is 0 Å². The van der Waals surface area contributed by atoms with Crippen molar-refractivity contribution in [2.45, 2.75) is 6.42 Å². The molecule has 23 heavy (non-hydrogen) atoms. The van der Waals surface area contributed by atoms with Crippen molar-refractivity contribution in [2.24, 2.45) is 0 Å². The Morgan fingerprint density at radius 2 is 2.00 bits per heavy atom. The van der Waals surface area contributed by atoms with Gasteiger partial charge in [-0.3, -0.25) is 4.98 Å². The van der Waals surface area contributed by atoms with Gasteiger partial charge >= 0.3 is 0 Å². The normalized spacial score (nSPS) is 13.0. The molecule has 1 aliphatic heterocycles. The van der Waals surface area contributed by atoms with Gasteiger partial charge in [-0.2, -0.15) is 4.98 Å². The van der Waals surface area contributed by atoms with Crippen molar-refractivity contribution in [3.63, 3.8) is 0 Å². The molecule has 2 N–H and O–H groups in total. The van der Waals surface area contributed by atoms with Gasteiger partial charge in [-0.15, -0.1) is 0 Å². The highest BCUT2D eigenvalue weighted by molar-refractivity contribution is 5.77. The number of rotatable bonds is 3. The Labute approximate surface area is 133 Å². The van der Waals surface area contributed by atoms with Gasteiger partial charge in [0.25, 0.3) is 0 Å². The minimum absolute atomic E-state index is 0.340. The first-order valence-corrected chi connectivity index (χ1v) is 7.37. The van der Waals surface area contributed by atoms with Crippen molar-refractivity contribution in [2.75, 3.05) is 17.2 Å². The standard InChI is InChI=1S/C17H15N5O/c18-15-16(22-9-7-12-4-1-2-6-14(12)22)20-11-21-17(15)23-13-5-3-8-19-10-13/h1-6,8,10-11H,7,9,18H2. The van der Waals surface area contributed by atoms with E-state index in [-0.39, 0.29) is 0 Å². The predicted octanol–water partition coefficient (Wildman–Crippen LogP) is 2.94. The van der Waals surface area contributed by atoms with Gasteiger partial charge in [0, 0.05) is 18.4 Å². The number of nitrogen functional groups attached to an aromatic ring is 1. The maximum atomic E-state index is 6.26. The van der Waals surface area contributed by atoms with Crippen LogP contribution in [0.3, 0.4) is 0 Å². The van der Waals surface area contributed by atoms with Crippen molar-refractivity contribution in [1.82, 2.24) is 15.0 Å². The Kier molecular flexibility index (Phi) is 3.27. The summed E-state index contributed by atoms with van der Waals surface area (Å²) in [5.74, 6) is 1.60. The van der Waals surface area contributed by atoms with Crippen LogP contribution in [0, 0.1) is 0 Å². The van der Waals surface area contributed by atoms with Gasteiger partial charge in [-0.05, 0) is 30.2 Å². The lowest BCUT2D eigenvalue weighted by molar-refractivity contribution is 0.462. The lowest BCUT2D eigenvalue weighted by Gasteiger charge is -2.20. The third kappa shape index (κ3) is 2.44. The van der Waals surface area contributed by atoms with Crippen molar-refractivity contribution in [1.29, 1.82) is 0 Å². The van der Waals surface area contributed by atoms with Crippen LogP contribution in [-0.4, -0.2) is 21.5 Å². The Balaban J connectivity index is 1.70. The van der Waals surface area contributed by atoms with Gasteiger partial charge in [0.15, 0.2) is 5.82 Å². The molecule has 0 saturated heterocycles. The molecule has 0 radical (unpaired) electrons. The molecule has 6 heteroatoms. The SMILES string of the molecule is Nc1c(Oc2cccnc2)ncnc1N1CCc2ccccc21. The number of hydrogen-bond acceptors (Lipinski definition) is 6. The van der Waals surface area contributed by atoms with Crippen molar-refractivity contribution in [3.05, 3.63) is 60.7 Å². The molecule has 0 saturated carbocycles. The summed E-state index contributed by atoms with van der Waals surface area (Å²) < 4.78 is 5.73. The van der Waals surface area contributed by atoms with Crippen LogP contribution in [0.25, 0.3) is 0 Å². The van der Waals surface area contributed by atoms with E-state index in [1.54, 1.807) is 24.5 Å². The number of fused-ring (bicyclic) bond motifs is 1. The summed E-state index contributed by atoms with van der Waals surface area (Å²) in [7, 11) is 0. The van der Waals surface area contributed by atoms with Gasteiger partial charge in [-0.25, -0.2) is 4.98 Å². The van der Waals surface area contributed by atoms with Gasteiger partial charge in [-0.1, -0.05) is 18.2 Å². The monoisotopic (exact) mass is 305 g/mol. The van der Waals surface area contributed by atoms with E-state index in [0.717, 1.165) is 18.7 Å². The molecule has 2 aromatic heterocycles. The van der Waals surface area contributed by atoms with Crippen LogP contribution < -0.4 is 15.4 Å². The number of anilines is 3. The zero-order chi connectivity index (χ0) is 15.6. The fourth-order valence-electron chi connectivity index (χ4n) is 2.74. The smallest absolute Gasteiger partial charge is 0.248 e. The number of aromatic nitrogens is 3. The molecule has 1 aromatic carbocycles. The quantitative estimate of drug-likeness (QED) is 0.801. The molecule has 114 valence electrons. The van der Waals surface area contributed by atoms with Crippen LogP contribution in [0.5, 0.6) is 11.6 Å². The Morgan fingerprint density at radius 3 is 2.87 bits per heavy atom. The molecular weight excluding hydrogens is 290 g/mol. The third-order valence-electron chi connectivity index (χ3n) is 3.82. The number of ether oxygens (including phenoxy) is 1. The first-order valence-electron chi connectivity index (χ1n) is 7.37. The van der Waals surface area contributed by atoms with Gasteiger partial charge in [0.2, 0.25) is 5.88 Å². The van der Waals surface area contributed by atoms with Crippen LogP contribution in [0.4, 0.5) is 17.2 Å². The summed E-state index contributed by atoms with van der Waals surface area (Å²) in [6.07, 6.45) is 5.74. The summed E-state index contributed by atoms with van der Waals surface area (Å²) >= 11 is 0. The maximum Gasteiger partial charge on any atom is 0.248 e. The van der Waals surface area contributed by atoms with E-state index in [2.05, 4.69) is 32.0 Å². The van der Waals surface area contributed by atoms with E-state index in [4.69, 9.17) is 10.5 Å². The molecule has 0 aliphatic carbocycles. The Bertz CT molecular complexity index is 837. The molecule has 0 bridgehead atoms. The highest BCUT2D eigenvalue weighted by atomic mass is 16.5. The third-order valence-corrected chi connectivity index (χ3v) is 3.82. The summed E-state index contributed by atoms with van der Waals surface area (Å²) in [6, 6.07) is 11.9. The van der Waals surface area contributed by atoms with E-state index in [1.165, 1.54) is 11.9 Å². The number of hydrogen-bond donors (Lipinski definition) is 1. The minimum atomic E-state index is 0.340. The largest absolute Gasteiger partial charge is 0.435 e. The van der Waals surface area contributed by atoms with Gasteiger partial charge in [0.1, 0.15) is 17.8 Å². The van der Waals surface area contributed by atoms with Gasteiger partial charge < -0.3 is 15.4 Å². The molecule has 0 amide bonds. The van der Waals surface area contributed by atoms with E-state index in [0.29, 0.717) is 23.1 Å². The van der Waals surface area contributed by atoms with Crippen LogP contribution in [-0.2, 0) is 6.42 Å². The fraction of sp³-hybridized carbons (Fsp3) is 0.118. The van der Waals surface area contributed by atoms with Crippen molar-refractivity contribution < 1.29 is 4.74 Å². The zero-order valence-corrected chi connectivity index (χ0v) is 12.4. The number of para-hydroxylation sites is 1. The molecular formula is C17H15N5O. The summed E-state index contributed by atoms with van der Waals surface area (Å²) in [4.78, 5) is 14.6. The second kappa shape index (κ2) is 5.57. The van der Waals surface area contributed by atoms with Crippen molar-refractivity contribution >= 4 is 17.2 Å². The number of pyridine rings is 1. The highest BCUT2D eigenvalue weighted by Crippen LogP contribution is 2.38. The first kappa shape index (κ1) is 13.5. The molecule has 3 aromatic rings. The van der Waals surface area contributed by atoms with Crippen LogP contribution >= 0.6 is 0 Å². The highest BCUT2D eigenvalue weighted by Gasteiger charge is 2.24. The second-order valence-corrected chi connectivity index (χ2v) is 5.24. The van der Waals surface area contributed by atoms with Crippen LogP contribution in [0.1, 0.15) is 5.56 Å². The van der Waals surface area contributed by atoms with Crippen LogP contribution in [0.15, 0.2) is 55.1 Å². The molecule has 0 fully saturated rings. The Hall–Kier alpha value is -3.15. The summed E-state index contributed by atoms with van der Waals surface area (Å²) in [5, 5.41) is 0. The average Bonchev–Trinajstić information content (AvgIpc) is 3.02. The maximum absolute atomic E-state index is 6.26. The van der Waals surface area contributed by atoms with Gasteiger partial charge in [0.05, 0.1) is 6.20 Å². The molecule has 4 rings (SSSR count). The van der Waals surface area contributed by atoms with E-state index < -0.39 is 0 Å². The molecule has 0 spiro atoms. The summed E-state index contributed by atoms with van der Waals surface area (Å²) in [5.41, 5.74) is 9.10. The van der Waals surface area contributed by atoms with E-state index >= 15 is 0 Å². The molecule has 6 nitrogen and oxygen atoms in total. The predicted molar refractivity (Wildman–Crippen MR) is 87.9 cm³/mol.